The van der Waals surface area contributed by atoms with Crippen LogP contribution in [-0.2, 0) is 4.79 Å². The standard InChI is InChI=1S/C20H23NO2/c1-15(2)20(17-10-12-18(23-3)13-11-17)21-19(22)14-9-16-7-5-4-6-8-16/h4-15,20H,1-3H3,(H,21,22)/b14-9+/t20-/m1/s1. The quantitative estimate of drug-likeness (QED) is 0.811. The van der Waals surface area contributed by atoms with Crippen molar-refractivity contribution in [2.45, 2.75) is 19.9 Å². The molecule has 0 bridgehead atoms. The van der Waals surface area contributed by atoms with Crippen LogP contribution < -0.4 is 10.1 Å². The Morgan fingerprint density at radius 2 is 1.70 bits per heavy atom. The topological polar surface area (TPSA) is 38.3 Å². The first-order valence-electron chi connectivity index (χ1n) is 7.77. The summed E-state index contributed by atoms with van der Waals surface area (Å²) in [5.41, 5.74) is 2.08. The lowest BCUT2D eigenvalue weighted by atomic mass is 9.96. The van der Waals surface area contributed by atoms with Crippen LogP contribution in [0.2, 0.25) is 0 Å². The molecule has 0 aliphatic rings. The number of carbonyl (C=O) groups excluding carboxylic acids is 1. The fraction of sp³-hybridized carbons (Fsp3) is 0.250. The lowest BCUT2D eigenvalue weighted by Crippen LogP contribution is -2.30. The second-order valence-corrected chi connectivity index (χ2v) is 5.75. The number of nitrogens with one attached hydrogen (secondary N) is 1. The molecule has 0 aliphatic carbocycles. The van der Waals surface area contributed by atoms with Crippen molar-refractivity contribution in [2.75, 3.05) is 7.11 Å². The van der Waals surface area contributed by atoms with Crippen molar-refractivity contribution in [1.29, 1.82) is 0 Å². The normalized spacial score (nSPS) is 12.3. The number of hydrogen-bond acceptors (Lipinski definition) is 2. The number of carbonyl (C=O) groups is 1. The summed E-state index contributed by atoms with van der Waals surface area (Å²) in [7, 11) is 1.64. The van der Waals surface area contributed by atoms with Crippen LogP contribution in [0.15, 0.2) is 60.7 Å². The SMILES string of the molecule is COc1ccc([C@H](NC(=O)/C=C/c2ccccc2)C(C)C)cc1. The maximum Gasteiger partial charge on any atom is 0.244 e. The van der Waals surface area contributed by atoms with Crippen molar-refractivity contribution >= 4 is 12.0 Å². The molecule has 0 aliphatic heterocycles. The zero-order chi connectivity index (χ0) is 16.7. The Morgan fingerprint density at radius 1 is 1.04 bits per heavy atom. The molecule has 0 heterocycles. The Kier molecular flexibility index (Phi) is 5.98. The van der Waals surface area contributed by atoms with Gasteiger partial charge in [-0.3, -0.25) is 4.79 Å². The van der Waals surface area contributed by atoms with Crippen LogP contribution in [0.3, 0.4) is 0 Å². The van der Waals surface area contributed by atoms with E-state index in [1.807, 2.05) is 60.7 Å². The van der Waals surface area contributed by atoms with E-state index in [0.29, 0.717) is 0 Å². The van der Waals surface area contributed by atoms with Gasteiger partial charge in [0.05, 0.1) is 13.2 Å². The van der Waals surface area contributed by atoms with Crippen molar-refractivity contribution in [3.8, 4) is 5.75 Å². The third-order valence-corrected chi connectivity index (χ3v) is 3.67. The molecule has 120 valence electrons. The summed E-state index contributed by atoms with van der Waals surface area (Å²) < 4.78 is 5.18. The number of amides is 1. The molecule has 0 aromatic heterocycles. The number of benzene rings is 2. The Hall–Kier alpha value is -2.55. The van der Waals surface area contributed by atoms with Gasteiger partial charge in [0.25, 0.3) is 0 Å². The summed E-state index contributed by atoms with van der Waals surface area (Å²) in [6.07, 6.45) is 3.40. The van der Waals surface area contributed by atoms with Crippen molar-refractivity contribution in [3.05, 3.63) is 71.8 Å². The van der Waals surface area contributed by atoms with Gasteiger partial charge in [-0.05, 0) is 35.3 Å². The largest absolute Gasteiger partial charge is 0.497 e. The molecule has 1 atom stereocenters. The zero-order valence-electron chi connectivity index (χ0n) is 13.8. The fourth-order valence-corrected chi connectivity index (χ4v) is 2.38. The summed E-state index contributed by atoms with van der Waals surface area (Å²) in [6.45, 7) is 4.19. The van der Waals surface area contributed by atoms with Gasteiger partial charge >= 0.3 is 0 Å². The molecular formula is C20H23NO2. The van der Waals surface area contributed by atoms with Crippen LogP contribution in [0.5, 0.6) is 5.75 Å². The van der Waals surface area contributed by atoms with E-state index >= 15 is 0 Å². The first-order chi connectivity index (χ1) is 11.1. The number of hydrogen-bond donors (Lipinski definition) is 1. The predicted octanol–water partition coefficient (Wildman–Crippen LogP) is 4.22. The Bertz CT molecular complexity index is 645. The molecule has 0 saturated carbocycles. The number of methoxy groups -OCH3 is 1. The highest BCUT2D eigenvalue weighted by atomic mass is 16.5. The molecule has 1 amide bonds. The van der Waals surface area contributed by atoms with Gasteiger partial charge in [-0.15, -0.1) is 0 Å². The highest BCUT2D eigenvalue weighted by Gasteiger charge is 2.17. The van der Waals surface area contributed by atoms with Gasteiger partial charge in [-0.2, -0.15) is 0 Å². The average molecular weight is 309 g/mol. The highest BCUT2D eigenvalue weighted by Crippen LogP contribution is 2.23. The summed E-state index contributed by atoms with van der Waals surface area (Å²) in [5.74, 6) is 1.01. The van der Waals surface area contributed by atoms with Crippen molar-refractivity contribution < 1.29 is 9.53 Å². The molecule has 2 aromatic rings. The van der Waals surface area contributed by atoms with Gasteiger partial charge in [-0.25, -0.2) is 0 Å². The fourth-order valence-electron chi connectivity index (χ4n) is 2.38. The maximum absolute atomic E-state index is 12.2. The number of ether oxygens (including phenoxy) is 1. The van der Waals surface area contributed by atoms with Crippen molar-refractivity contribution in [3.63, 3.8) is 0 Å². The van der Waals surface area contributed by atoms with Gasteiger partial charge < -0.3 is 10.1 Å². The van der Waals surface area contributed by atoms with E-state index in [4.69, 9.17) is 4.74 Å². The van der Waals surface area contributed by atoms with Crippen LogP contribution in [0, 0.1) is 5.92 Å². The van der Waals surface area contributed by atoms with E-state index < -0.39 is 0 Å². The summed E-state index contributed by atoms with van der Waals surface area (Å²) in [4.78, 5) is 12.2. The zero-order valence-corrected chi connectivity index (χ0v) is 13.8. The molecule has 0 saturated heterocycles. The molecular weight excluding hydrogens is 286 g/mol. The smallest absolute Gasteiger partial charge is 0.244 e. The van der Waals surface area contributed by atoms with Crippen LogP contribution >= 0.6 is 0 Å². The minimum Gasteiger partial charge on any atom is -0.497 e. The minimum absolute atomic E-state index is 0.0335. The highest BCUT2D eigenvalue weighted by molar-refractivity contribution is 5.92. The molecule has 3 nitrogen and oxygen atoms in total. The molecule has 0 fully saturated rings. The van der Waals surface area contributed by atoms with Gasteiger partial charge in [0.2, 0.25) is 5.91 Å². The maximum atomic E-state index is 12.2. The molecule has 3 heteroatoms. The van der Waals surface area contributed by atoms with E-state index in [1.54, 1.807) is 13.2 Å². The second kappa shape index (κ2) is 8.18. The van der Waals surface area contributed by atoms with Gasteiger partial charge in [0, 0.05) is 6.08 Å². The first kappa shape index (κ1) is 16.8. The van der Waals surface area contributed by atoms with Gasteiger partial charge in [0.1, 0.15) is 5.75 Å². The molecule has 1 N–H and O–H groups in total. The molecule has 0 spiro atoms. The summed E-state index contributed by atoms with van der Waals surface area (Å²) in [6, 6.07) is 17.6. The Labute approximate surface area is 138 Å². The van der Waals surface area contributed by atoms with E-state index in [0.717, 1.165) is 16.9 Å². The van der Waals surface area contributed by atoms with Crippen molar-refractivity contribution in [1.82, 2.24) is 5.32 Å². The lowest BCUT2D eigenvalue weighted by Gasteiger charge is -2.22. The Morgan fingerprint density at radius 3 is 2.26 bits per heavy atom. The van der Waals surface area contributed by atoms with Crippen LogP contribution in [0.1, 0.15) is 31.0 Å². The van der Waals surface area contributed by atoms with Gasteiger partial charge in [-0.1, -0.05) is 56.3 Å². The summed E-state index contributed by atoms with van der Waals surface area (Å²) in [5, 5.41) is 3.07. The first-order valence-corrected chi connectivity index (χ1v) is 7.77. The monoisotopic (exact) mass is 309 g/mol. The second-order valence-electron chi connectivity index (χ2n) is 5.75. The third-order valence-electron chi connectivity index (χ3n) is 3.67. The van der Waals surface area contributed by atoms with Gasteiger partial charge in [0.15, 0.2) is 0 Å². The Balaban J connectivity index is 2.06. The third kappa shape index (κ3) is 4.99. The van der Waals surface area contributed by atoms with Crippen LogP contribution in [-0.4, -0.2) is 13.0 Å². The van der Waals surface area contributed by atoms with E-state index in [1.165, 1.54) is 0 Å². The van der Waals surface area contributed by atoms with Crippen LogP contribution in [0.4, 0.5) is 0 Å². The van der Waals surface area contributed by atoms with E-state index in [-0.39, 0.29) is 17.9 Å². The van der Waals surface area contributed by atoms with E-state index in [9.17, 15) is 4.79 Å². The minimum atomic E-state index is -0.0941. The molecule has 2 aromatic carbocycles. The van der Waals surface area contributed by atoms with E-state index in [2.05, 4.69) is 19.2 Å². The average Bonchev–Trinajstić information content (AvgIpc) is 2.58. The van der Waals surface area contributed by atoms with Crippen molar-refractivity contribution in [2.24, 2.45) is 5.92 Å². The number of rotatable bonds is 6. The molecule has 2 rings (SSSR count). The lowest BCUT2D eigenvalue weighted by molar-refractivity contribution is -0.117. The molecule has 23 heavy (non-hydrogen) atoms. The molecule has 0 radical (unpaired) electrons. The van der Waals surface area contributed by atoms with Crippen LogP contribution in [0.25, 0.3) is 6.08 Å². The summed E-state index contributed by atoms with van der Waals surface area (Å²) >= 11 is 0. The molecule has 0 unspecified atom stereocenters. The predicted molar refractivity (Wildman–Crippen MR) is 94.2 cm³/mol.